The van der Waals surface area contributed by atoms with Gasteiger partial charge in [0.25, 0.3) is 0 Å². The van der Waals surface area contributed by atoms with E-state index in [1.165, 1.54) is 30.8 Å². The summed E-state index contributed by atoms with van der Waals surface area (Å²) in [6.45, 7) is 3.72. The molecule has 0 aromatic carbocycles. The van der Waals surface area contributed by atoms with Crippen molar-refractivity contribution in [1.82, 2.24) is 9.59 Å². The van der Waals surface area contributed by atoms with E-state index in [1.54, 1.807) is 0 Å². The monoisotopic (exact) mass is 227 g/mol. The standard InChI is InChI=1S/C10H17N3OS/c1-2-6-11-10-9(12-13-15-10)7-14-8-4-3-5-8/h8,11H,2-7H2,1H3. The molecule has 5 heteroatoms. The second-order valence-corrected chi connectivity index (χ2v) is 4.59. The average molecular weight is 227 g/mol. The summed E-state index contributed by atoms with van der Waals surface area (Å²) in [6, 6.07) is 0. The molecular formula is C10H17N3OS. The summed E-state index contributed by atoms with van der Waals surface area (Å²) in [5.41, 5.74) is 0.959. The lowest BCUT2D eigenvalue weighted by Gasteiger charge is -2.25. The van der Waals surface area contributed by atoms with Crippen molar-refractivity contribution in [3.05, 3.63) is 5.69 Å². The Kier molecular flexibility index (Phi) is 3.91. The van der Waals surface area contributed by atoms with E-state index in [-0.39, 0.29) is 0 Å². The second-order valence-electron chi connectivity index (χ2n) is 3.84. The van der Waals surface area contributed by atoms with E-state index >= 15 is 0 Å². The molecule has 0 unspecified atom stereocenters. The second kappa shape index (κ2) is 5.42. The van der Waals surface area contributed by atoms with Crippen molar-refractivity contribution in [2.45, 2.75) is 45.3 Å². The third-order valence-corrected chi connectivity index (χ3v) is 3.33. The van der Waals surface area contributed by atoms with Crippen molar-refractivity contribution < 1.29 is 4.74 Å². The molecular weight excluding hydrogens is 210 g/mol. The molecule has 0 aliphatic heterocycles. The largest absolute Gasteiger partial charge is 0.374 e. The highest BCUT2D eigenvalue weighted by atomic mass is 32.1. The highest BCUT2D eigenvalue weighted by Crippen LogP contribution is 2.25. The molecule has 1 aliphatic carbocycles. The van der Waals surface area contributed by atoms with Crippen LogP contribution in [-0.4, -0.2) is 22.2 Å². The molecule has 0 atom stereocenters. The van der Waals surface area contributed by atoms with Gasteiger partial charge in [0.2, 0.25) is 0 Å². The fraction of sp³-hybridized carbons (Fsp3) is 0.800. The molecule has 1 fully saturated rings. The molecule has 4 nitrogen and oxygen atoms in total. The van der Waals surface area contributed by atoms with Crippen LogP contribution < -0.4 is 5.32 Å². The Balaban J connectivity index is 1.80. The van der Waals surface area contributed by atoms with E-state index in [2.05, 4.69) is 21.8 Å². The molecule has 0 spiro atoms. The summed E-state index contributed by atoms with van der Waals surface area (Å²) in [4.78, 5) is 0. The zero-order chi connectivity index (χ0) is 10.5. The predicted molar refractivity (Wildman–Crippen MR) is 61.1 cm³/mol. The summed E-state index contributed by atoms with van der Waals surface area (Å²) in [6.07, 6.45) is 5.29. The van der Waals surface area contributed by atoms with Crippen LogP contribution in [0, 0.1) is 0 Å². The zero-order valence-electron chi connectivity index (χ0n) is 9.03. The zero-order valence-corrected chi connectivity index (χ0v) is 9.85. The fourth-order valence-electron chi connectivity index (χ4n) is 1.41. The van der Waals surface area contributed by atoms with E-state index in [9.17, 15) is 0 Å². The van der Waals surface area contributed by atoms with Crippen molar-refractivity contribution in [2.24, 2.45) is 0 Å². The molecule has 0 amide bonds. The maximum atomic E-state index is 5.71. The van der Waals surface area contributed by atoms with Crippen LogP contribution in [0.3, 0.4) is 0 Å². The highest BCUT2D eigenvalue weighted by molar-refractivity contribution is 7.10. The molecule has 15 heavy (non-hydrogen) atoms. The molecule has 1 N–H and O–H groups in total. The quantitative estimate of drug-likeness (QED) is 0.810. The number of hydrogen-bond donors (Lipinski definition) is 1. The smallest absolute Gasteiger partial charge is 0.135 e. The first-order chi connectivity index (χ1) is 7.40. The third-order valence-electron chi connectivity index (χ3n) is 2.60. The lowest BCUT2D eigenvalue weighted by molar-refractivity contribution is -0.00986. The van der Waals surface area contributed by atoms with Gasteiger partial charge in [0.05, 0.1) is 12.7 Å². The minimum atomic E-state index is 0.464. The Morgan fingerprint density at radius 1 is 1.53 bits per heavy atom. The fourth-order valence-corrected chi connectivity index (χ4v) is 2.00. The Bertz CT molecular complexity index is 299. The molecule has 0 bridgehead atoms. The molecule has 1 saturated carbocycles. The number of rotatable bonds is 6. The van der Waals surface area contributed by atoms with Gasteiger partial charge in [0.15, 0.2) is 0 Å². The van der Waals surface area contributed by atoms with Gasteiger partial charge >= 0.3 is 0 Å². The highest BCUT2D eigenvalue weighted by Gasteiger charge is 2.19. The minimum absolute atomic E-state index is 0.464. The molecule has 1 aliphatic rings. The van der Waals surface area contributed by atoms with E-state index in [1.807, 2.05) is 0 Å². The third kappa shape index (κ3) is 2.89. The van der Waals surface area contributed by atoms with Crippen LogP contribution in [0.15, 0.2) is 0 Å². The molecule has 1 heterocycles. The number of nitrogens with zero attached hydrogens (tertiary/aromatic N) is 2. The molecule has 1 aromatic rings. The number of hydrogen-bond acceptors (Lipinski definition) is 5. The first-order valence-corrected chi connectivity index (χ1v) is 6.34. The Morgan fingerprint density at radius 2 is 2.40 bits per heavy atom. The Labute approximate surface area is 94.2 Å². The first-order valence-electron chi connectivity index (χ1n) is 5.57. The number of ether oxygens (including phenoxy) is 1. The van der Waals surface area contributed by atoms with Gasteiger partial charge in [-0.1, -0.05) is 11.4 Å². The molecule has 84 valence electrons. The Hall–Kier alpha value is -0.680. The summed E-state index contributed by atoms with van der Waals surface area (Å²) in [5.74, 6) is 0. The normalized spacial score (nSPS) is 16.3. The van der Waals surface area contributed by atoms with Crippen molar-refractivity contribution in [2.75, 3.05) is 11.9 Å². The van der Waals surface area contributed by atoms with Gasteiger partial charge < -0.3 is 10.1 Å². The Morgan fingerprint density at radius 3 is 3.07 bits per heavy atom. The van der Waals surface area contributed by atoms with Crippen LogP contribution in [0.25, 0.3) is 0 Å². The van der Waals surface area contributed by atoms with Gasteiger partial charge in [-0.25, -0.2) is 0 Å². The van der Waals surface area contributed by atoms with Crippen LogP contribution in [0.2, 0.25) is 0 Å². The van der Waals surface area contributed by atoms with Crippen molar-refractivity contribution in [3.8, 4) is 0 Å². The summed E-state index contributed by atoms with van der Waals surface area (Å²) < 4.78 is 9.65. The van der Waals surface area contributed by atoms with E-state index in [0.29, 0.717) is 12.7 Å². The maximum Gasteiger partial charge on any atom is 0.135 e. The van der Waals surface area contributed by atoms with E-state index < -0.39 is 0 Å². The number of anilines is 1. The molecule has 0 saturated heterocycles. The van der Waals surface area contributed by atoms with Crippen LogP contribution in [0.5, 0.6) is 0 Å². The molecule has 2 rings (SSSR count). The SMILES string of the molecule is CCCNc1snnc1COC1CCC1. The van der Waals surface area contributed by atoms with Gasteiger partial charge in [-0.3, -0.25) is 0 Å². The van der Waals surface area contributed by atoms with Crippen molar-refractivity contribution in [1.29, 1.82) is 0 Å². The predicted octanol–water partition coefficient (Wildman–Crippen LogP) is 2.43. The topological polar surface area (TPSA) is 47.0 Å². The van der Waals surface area contributed by atoms with Crippen LogP contribution in [0.4, 0.5) is 5.00 Å². The lowest BCUT2D eigenvalue weighted by atomic mass is 9.96. The summed E-state index contributed by atoms with van der Waals surface area (Å²) >= 11 is 1.41. The minimum Gasteiger partial charge on any atom is -0.374 e. The van der Waals surface area contributed by atoms with Gasteiger partial charge in [0, 0.05) is 18.1 Å². The first kappa shape index (κ1) is 10.8. The van der Waals surface area contributed by atoms with E-state index in [0.717, 1.165) is 23.7 Å². The number of nitrogens with one attached hydrogen (secondary N) is 1. The average Bonchev–Trinajstić information content (AvgIpc) is 2.60. The van der Waals surface area contributed by atoms with Gasteiger partial charge in [-0.05, 0) is 25.7 Å². The molecule has 0 radical (unpaired) electrons. The van der Waals surface area contributed by atoms with Crippen LogP contribution in [0.1, 0.15) is 38.3 Å². The van der Waals surface area contributed by atoms with E-state index in [4.69, 9.17) is 4.74 Å². The van der Waals surface area contributed by atoms with Crippen LogP contribution in [-0.2, 0) is 11.3 Å². The molecule has 1 aromatic heterocycles. The lowest BCUT2D eigenvalue weighted by Crippen LogP contribution is -2.21. The maximum absolute atomic E-state index is 5.71. The summed E-state index contributed by atoms with van der Waals surface area (Å²) in [7, 11) is 0. The number of aromatic nitrogens is 2. The van der Waals surface area contributed by atoms with Crippen LogP contribution >= 0.6 is 11.5 Å². The summed E-state index contributed by atoms with van der Waals surface area (Å²) in [5, 5.41) is 8.46. The van der Waals surface area contributed by atoms with Crippen molar-refractivity contribution in [3.63, 3.8) is 0 Å². The van der Waals surface area contributed by atoms with Gasteiger partial charge in [-0.15, -0.1) is 5.10 Å². The van der Waals surface area contributed by atoms with Gasteiger partial charge in [0.1, 0.15) is 10.7 Å². The van der Waals surface area contributed by atoms with Crippen molar-refractivity contribution >= 4 is 16.5 Å². The van der Waals surface area contributed by atoms with Gasteiger partial charge in [-0.2, -0.15) is 0 Å².